The Morgan fingerprint density at radius 3 is 1.96 bits per heavy atom. The molecule has 0 rings (SSSR count). The Labute approximate surface area is 145 Å². The molecule has 3 atom stereocenters. The Bertz CT molecular complexity index is 275. The summed E-state index contributed by atoms with van der Waals surface area (Å²) in [5.74, 6) is 0.216. The van der Waals surface area contributed by atoms with Crippen molar-refractivity contribution in [2.24, 2.45) is 17.8 Å². The largest absolute Gasteiger partial charge is 0.481 e. The fraction of sp³-hybridized carbons (Fsp3) is 0.952. The van der Waals surface area contributed by atoms with Crippen molar-refractivity contribution in [3.05, 3.63) is 0 Å². The number of rotatable bonds is 16. The third-order valence-electron chi connectivity index (χ3n) is 5.27. The van der Waals surface area contributed by atoms with Crippen LogP contribution in [0.4, 0.5) is 0 Å². The number of carboxylic acids is 1. The Balaban J connectivity index is 4.26. The van der Waals surface area contributed by atoms with Gasteiger partial charge in [-0.05, 0) is 24.7 Å². The van der Waals surface area contributed by atoms with Crippen LogP contribution in [0.2, 0.25) is 0 Å². The van der Waals surface area contributed by atoms with E-state index in [2.05, 4.69) is 27.7 Å². The van der Waals surface area contributed by atoms with E-state index in [1.54, 1.807) is 0 Å². The molecule has 0 aliphatic carbocycles. The zero-order chi connectivity index (χ0) is 17.5. The van der Waals surface area contributed by atoms with Crippen molar-refractivity contribution in [2.45, 2.75) is 111 Å². The van der Waals surface area contributed by atoms with Crippen molar-refractivity contribution in [2.75, 3.05) is 0 Å². The number of carboxylic acid groups (broad SMARTS) is 1. The Morgan fingerprint density at radius 2 is 1.39 bits per heavy atom. The van der Waals surface area contributed by atoms with Gasteiger partial charge in [0, 0.05) is 0 Å². The van der Waals surface area contributed by atoms with E-state index in [0.717, 1.165) is 12.8 Å². The molecule has 138 valence electrons. The standard InChI is InChI=1S/C21H42O2/c1-5-8-10-11-12-13-15-18(4)20(21(22)23)17-19(14-7-3)16-9-6-2/h18-20H,5-17H2,1-4H3,(H,22,23). The highest BCUT2D eigenvalue weighted by Crippen LogP contribution is 2.30. The maximum Gasteiger partial charge on any atom is 0.306 e. The number of carbonyl (C=O) groups is 1. The summed E-state index contributed by atoms with van der Waals surface area (Å²) in [5, 5.41) is 9.66. The summed E-state index contributed by atoms with van der Waals surface area (Å²) < 4.78 is 0. The summed E-state index contributed by atoms with van der Waals surface area (Å²) in [6, 6.07) is 0. The van der Waals surface area contributed by atoms with Gasteiger partial charge in [0.2, 0.25) is 0 Å². The summed E-state index contributed by atoms with van der Waals surface area (Å²) in [7, 11) is 0. The van der Waals surface area contributed by atoms with Crippen LogP contribution >= 0.6 is 0 Å². The smallest absolute Gasteiger partial charge is 0.306 e. The van der Waals surface area contributed by atoms with Gasteiger partial charge in [0.1, 0.15) is 0 Å². The van der Waals surface area contributed by atoms with Gasteiger partial charge in [0.05, 0.1) is 5.92 Å². The maximum atomic E-state index is 11.7. The minimum absolute atomic E-state index is 0.140. The average molecular weight is 327 g/mol. The molecule has 0 aliphatic heterocycles. The van der Waals surface area contributed by atoms with Crippen LogP contribution in [0.5, 0.6) is 0 Å². The number of unbranched alkanes of at least 4 members (excludes halogenated alkanes) is 6. The van der Waals surface area contributed by atoms with Crippen molar-refractivity contribution in [3.63, 3.8) is 0 Å². The molecular weight excluding hydrogens is 284 g/mol. The molecule has 0 saturated carbocycles. The lowest BCUT2D eigenvalue weighted by atomic mass is 9.80. The molecule has 0 aromatic carbocycles. The SMILES string of the molecule is CCCCCCCCC(C)C(CC(CCC)CCCC)C(=O)O. The third-order valence-corrected chi connectivity index (χ3v) is 5.27. The van der Waals surface area contributed by atoms with Crippen molar-refractivity contribution < 1.29 is 9.90 Å². The molecule has 3 unspecified atom stereocenters. The summed E-state index contributed by atoms with van der Waals surface area (Å²) in [6.07, 6.45) is 15.7. The predicted octanol–water partition coefficient (Wildman–Crippen LogP) is 7.07. The van der Waals surface area contributed by atoms with Gasteiger partial charge in [-0.2, -0.15) is 0 Å². The second-order valence-corrected chi connectivity index (χ2v) is 7.51. The summed E-state index contributed by atoms with van der Waals surface area (Å²) in [5.41, 5.74) is 0. The van der Waals surface area contributed by atoms with Crippen LogP contribution in [0.25, 0.3) is 0 Å². The molecule has 0 heterocycles. The molecule has 2 heteroatoms. The van der Waals surface area contributed by atoms with Gasteiger partial charge < -0.3 is 5.11 Å². The normalized spacial score (nSPS) is 15.3. The monoisotopic (exact) mass is 326 g/mol. The summed E-state index contributed by atoms with van der Waals surface area (Å²) >= 11 is 0. The first-order chi connectivity index (χ1) is 11.1. The van der Waals surface area contributed by atoms with Gasteiger partial charge in [0.25, 0.3) is 0 Å². The molecule has 0 aromatic rings. The maximum absolute atomic E-state index is 11.7. The van der Waals surface area contributed by atoms with Crippen LogP contribution in [0.3, 0.4) is 0 Å². The Kier molecular flexibility index (Phi) is 14.7. The van der Waals surface area contributed by atoms with Gasteiger partial charge in [-0.15, -0.1) is 0 Å². The third kappa shape index (κ3) is 11.6. The van der Waals surface area contributed by atoms with Crippen LogP contribution in [0.1, 0.15) is 111 Å². The molecule has 0 aromatic heterocycles. The fourth-order valence-electron chi connectivity index (χ4n) is 3.66. The van der Waals surface area contributed by atoms with Gasteiger partial charge in [-0.3, -0.25) is 4.79 Å². The summed E-state index contributed by atoms with van der Waals surface area (Å²) in [6.45, 7) is 8.84. The van der Waals surface area contributed by atoms with Crippen molar-refractivity contribution in [1.29, 1.82) is 0 Å². The van der Waals surface area contributed by atoms with Crippen molar-refractivity contribution in [1.82, 2.24) is 0 Å². The first-order valence-corrected chi connectivity index (χ1v) is 10.3. The van der Waals surface area contributed by atoms with Gasteiger partial charge >= 0.3 is 5.97 Å². The lowest BCUT2D eigenvalue weighted by Crippen LogP contribution is -2.25. The number of hydrogen-bond acceptors (Lipinski definition) is 1. The highest BCUT2D eigenvalue weighted by molar-refractivity contribution is 5.70. The fourth-order valence-corrected chi connectivity index (χ4v) is 3.66. The van der Waals surface area contributed by atoms with E-state index in [-0.39, 0.29) is 5.92 Å². The van der Waals surface area contributed by atoms with Crippen LogP contribution in [0.15, 0.2) is 0 Å². The van der Waals surface area contributed by atoms with Gasteiger partial charge in [0.15, 0.2) is 0 Å². The van der Waals surface area contributed by atoms with Crippen LogP contribution in [-0.2, 0) is 4.79 Å². The molecule has 23 heavy (non-hydrogen) atoms. The van der Waals surface area contributed by atoms with E-state index < -0.39 is 5.97 Å². The van der Waals surface area contributed by atoms with Crippen molar-refractivity contribution in [3.8, 4) is 0 Å². The molecular formula is C21H42O2. The van der Waals surface area contributed by atoms with Crippen LogP contribution in [-0.4, -0.2) is 11.1 Å². The summed E-state index contributed by atoms with van der Waals surface area (Å²) in [4.78, 5) is 11.7. The Morgan fingerprint density at radius 1 is 0.783 bits per heavy atom. The molecule has 0 amide bonds. The predicted molar refractivity (Wildman–Crippen MR) is 101 cm³/mol. The Hall–Kier alpha value is -0.530. The zero-order valence-corrected chi connectivity index (χ0v) is 16.3. The van der Waals surface area contributed by atoms with E-state index in [4.69, 9.17) is 0 Å². The molecule has 1 N–H and O–H groups in total. The second kappa shape index (κ2) is 15.0. The first kappa shape index (κ1) is 22.5. The minimum atomic E-state index is -0.568. The van der Waals surface area contributed by atoms with Gasteiger partial charge in [-0.25, -0.2) is 0 Å². The molecule has 2 nitrogen and oxygen atoms in total. The quantitative estimate of drug-likeness (QED) is 0.308. The molecule has 0 bridgehead atoms. The lowest BCUT2D eigenvalue weighted by Gasteiger charge is -2.25. The highest BCUT2D eigenvalue weighted by Gasteiger charge is 2.27. The van der Waals surface area contributed by atoms with E-state index in [1.807, 2.05) is 0 Å². The average Bonchev–Trinajstić information content (AvgIpc) is 2.52. The highest BCUT2D eigenvalue weighted by atomic mass is 16.4. The van der Waals surface area contributed by atoms with Crippen LogP contribution in [0, 0.1) is 17.8 Å². The molecule has 0 fully saturated rings. The number of aliphatic carboxylic acids is 1. The zero-order valence-electron chi connectivity index (χ0n) is 16.3. The van der Waals surface area contributed by atoms with E-state index in [9.17, 15) is 9.90 Å². The minimum Gasteiger partial charge on any atom is -0.481 e. The van der Waals surface area contributed by atoms with E-state index in [1.165, 1.54) is 70.6 Å². The molecule has 0 radical (unpaired) electrons. The van der Waals surface area contributed by atoms with Crippen molar-refractivity contribution >= 4 is 5.97 Å². The topological polar surface area (TPSA) is 37.3 Å². The van der Waals surface area contributed by atoms with E-state index >= 15 is 0 Å². The van der Waals surface area contributed by atoms with E-state index in [0.29, 0.717) is 11.8 Å². The lowest BCUT2D eigenvalue weighted by molar-refractivity contribution is -0.144. The first-order valence-electron chi connectivity index (χ1n) is 10.3. The van der Waals surface area contributed by atoms with Crippen LogP contribution < -0.4 is 0 Å². The molecule has 0 spiro atoms. The van der Waals surface area contributed by atoms with Gasteiger partial charge in [-0.1, -0.05) is 98.3 Å². The number of hydrogen-bond donors (Lipinski definition) is 1. The second-order valence-electron chi connectivity index (χ2n) is 7.51. The molecule has 0 aliphatic rings. The molecule has 0 saturated heterocycles.